The van der Waals surface area contributed by atoms with E-state index in [0.29, 0.717) is 4.47 Å². The number of anilines is 2. The predicted octanol–water partition coefficient (Wildman–Crippen LogP) is 3.62. The van der Waals surface area contributed by atoms with Gasteiger partial charge in [0, 0.05) is 10.5 Å². The highest BCUT2D eigenvalue weighted by atomic mass is 79.9. The number of nitrogen functional groups attached to an aromatic ring is 1. The highest BCUT2D eigenvalue weighted by Gasteiger charge is 2.19. The number of nitrogens with one attached hydrogen (secondary N) is 1. The molecule has 0 spiro atoms. The fourth-order valence-corrected chi connectivity index (χ4v) is 3.63. The molecule has 8 heteroatoms. The Labute approximate surface area is 128 Å². The van der Waals surface area contributed by atoms with E-state index in [1.807, 2.05) is 0 Å². The third kappa shape index (κ3) is 3.23. The van der Waals surface area contributed by atoms with E-state index in [1.165, 1.54) is 24.3 Å². The number of rotatable bonds is 3. The minimum atomic E-state index is -3.95. The summed E-state index contributed by atoms with van der Waals surface area (Å²) in [6.07, 6.45) is 0. The monoisotopic (exact) mass is 378 g/mol. The minimum Gasteiger partial charge on any atom is -0.397 e. The number of nitrogens with two attached hydrogens (primary N) is 1. The van der Waals surface area contributed by atoms with Crippen LogP contribution in [0.4, 0.5) is 15.8 Å². The van der Waals surface area contributed by atoms with Crippen LogP contribution in [0.15, 0.2) is 45.8 Å². The summed E-state index contributed by atoms with van der Waals surface area (Å²) in [5.41, 5.74) is 5.68. The van der Waals surface area contributed by atoms with E-state index in [9.17, 15) is 12.8 Å². The van der Waals surface area contributed by atoms with Crippen molar-refractivity contribution >= 4 is 48.9 Å². The van der Waals surface area contributed by atoms with Gasteiger partial charge in [0.15, 0.2) is 0 Å². The lowest BCUT2D eigenvalue weighted by Gasteiger charge is -2.11. The molecule has 0 radical (unpaired) electrons. The zero-order valence-electron chi connectivity index (χ0n) is 9.90. The Bertz CT molecular complexity index is 768. The molecular weight excluding hydrogens is 371 g/mol. The first-order chi connectivity index (χ1) is 9.29. The average molecular weight is 380 g/mol. The average Bonchev–Trinajstić information content (AvgIpc) is 2.33. The molecule has 0 unspecified atom stereocenters. The van der Waals surface area contributed by atoms with Crippen LogP contribution in [0.1, 0.15) is 0 Å². The molecule has 0 saturated carbocycles. The van der Waals surface area contributed by atoms with E-state index in [1.54, 1.807) is 0 Å². The fraction of sp³-hybridized carbons (Fsp3) is 0. The second kappa shape index (κ2) is 5.59. The largest absolute Gasteiger partial charge is 0.397 e. The minimum absolute atomic E-state index is 0.0380. The topological polar surface area (TPSA) is 72.2 Å². The van der Waals surface area contributed by atoms with Crippen molar-refractivity contribution in [2.75, 3.05) is 10.5 Å². The van der Waals surface area contributed by atoms with Gasteiger partial charge in [-0.3, -0.25) is 4.72 Å². The highest BCUT2D eigenvalue weighted by Crippen LogP contribution is 2.28. The quantitative estimate of drug-likeness (QED) is 0.800. The van der Waals surface area contributed by atoms with E-state index in [4.69, 9.17) is 17.3 Å². The molecule has 4 nitrogen and oxygen atoms in total. The summed E-state index contributed by atoms with van der Waals surface area (Å²) >= 11 is 9.08. The summed E-state index contributed by atoms with van der Waals surface area (Å²) in [4.78, 5) is -0.119. The van der Waals surface area contributed by atoms with Gasteiger partial charge in [-0.1, -0.05) is 27.5 Å². The van der Waals surface area contributed by atoms with Crippen molar-refractivity contribution in [3.63, 3.8) is 0 Å². The number of halogens is 3. The van der Waals surface area contributed by atoms with Gasteiger partial charge in [-0.15, -0.1) is 0 Å². The van der Waals surface area contributed by atoms with Crippen LogP contribution in [0.25, 0.3) is 0 Å². The van der Waals surface area contributed by atoms with Gasteiger partial charge >= 0.3 is 0 Å². The van der Waals surface area contributed by atoms with Gasteiger partial charge in [0.2, 0.25) is 0 Å². The molecule has 0 aliphatic heterocycles. The van der Waals surface area contributed by atoms with E-state index in [0.717, 1.165) is 12.1 Å². The molecule has 0 fully saturated rings. The van der Waals surface area contributed by atoms with Crippen molar-refractivity contribution in [2.45, 2.75) is 4.90 Å². The van der Waals surface area contributed by atoms with Crippen molar-refractivity contribution < 1.29 is 12.8 Å². The van der Waals surface area contributed by atoms with Gasteiger partial charge in [0.05, 0.1) is 16.4 Å². The molecule has 0 amide bonds. The summed E-state index contributed by atoms with van der Waals surface area (Å²) in [6.45, 7) is 0. The number of sulfonamides is 1. The maximum Gasteiger partial charge on any atom is 0.263 e. The maximum absolute atomic E-state index is 13.1. The van der Waals surface area contributed by atoms with E-state index in [-0.39, 0.29) is 21.3 Å². The molecule has 0 saturated heterocycles. The van der Waals surface area contributed by atoms with Crippen molar-refractivity contribution in [3.8, 4) is 0 Å². The summed E-state index contributed by atoms with van der Waals surface area (Å²) in [6, 6.07) is 7.74. The van der Waals surface area contributed by atoms with Gasteiger partial charge < -0.3 is 5.73 Å². The van der Waals surface area contributed by atoms with Crippen LogP contribution in [0.5, 0.6) is 0 Å². The molecule has 2 aromatic carbocycles. The van der Waals surface area contributed by atoms with Gasteiger partial charge in [0.1, 0.15) is 10.7 Å². The molecule has 0 aliphatic carbocycles. The molecule has 0 aromatic heterocycles. The highest BCUT2D eigenvalue weighted by molar-refractivity contribution is 9.10. The summed E-state index contributed by atoms with van der Waals surface area (Å²) < 4.78 is 40.4. The molecule has 0 aliphatic rings. The summed E-state index contributed by atoms with van der Waals surface area (Å²) in [5, 5.41) is 0.0434. The maximum atomic E-state index is 13.1. The SMILES string of the molecule is Nc1ccc(F)cc1NS(=O)(=O)c1ccc(Br)cc1Cl. The smallest absolute Gasteiger partial charge is 0.263 e. The van der Waals surface area contributed by atoms with Gasteiger partial charge in [-0.25, -0.2) is 12.8 Å². The van der Waals surface area contributed by atoms with E-state index < -0.39 is 15.8 Å². The van der Waals surface area contributed by atoms with Crippen LogP contribution < -0.4 is 10.5 Å². The van der Waals surface area contributed by atoms with Gasteiger partial charge in [-0.2, -0.15) is 0 Å². The third-order valence-electron chi connectivity index (χ3n) is 2.44. The summed E-state index contributed by atoms with van der Waals surface area (Å²) in [5.74, 6) is -0.598. The normalized spacial score (nSPS) is 11.3. The first kappa shape index (κ1) is 15.1. The Balaban J connectivity index is 2.43. The Hall–Kier alpha value is -1.31. The van der Waals surface area contributed by atoms with E-state index >= 15 is 0 Å². The van der Waals surface area contributed by atoms with Gasteiger partial charge in [-0.05, 0) is 30.3 Å². The molecule has 2 rings (SSSR count). The zero-order chi connectivity index (χ0) is 14.9. The first-order valence-corrected chi connectivity index (χ1v) is 7.98. The Kier molecular flexibility index (Phi) is 4.22. The Morgan fingerprint density at radius 2 is 1.90 bits per heavy atom. The molecule has 0 atom stereocenters. The summed E-state index contributed by atoms with van der Waals surface area (Å²) in [7, 11) is -3.95. The number of hydrogen-bond donors (Lipinski definition) is 2. The lowest BCUT2D eigenvalue weighted by Crippen LogP contribution is -2.14. The molecule has 20 heavy (non-hydrogen) atoms. The van der Waals surface area contributed by atoms with Crippen molar-refractivity contribution in [1.82, 2.24) is 0 Å². The van der Waals surface area contributed by atoms with Crippen LogP contribution >= 0.6 is 27.5 Å². The molecule has 106 valence electrons. The number of hydrogen-bond acceptors (Lipinski definition) is 3. The van der Waals surface area contributed by atoms with Crippen LogP contribution in [0.3, 0.4) is 0 Å². The Morgan fingerprint density at radius 1 is 1.20 bits per heavy atom. The second-order valence-corrected chi connectivity index (χ2v) is 6.89. The molecular formula is C12H9BrClFN2O2S. The lowest BCUT2D eigenvalue weighted by molar-refractivity contribution is 0.601. The van der Waals surface area contributed by atoms with E-state index in [2.05, 4.69) is 20.7 Å². The Morgan fingerprint density at radius 3 is 2.55 bits per heavy atom. The van der Waals surface area contributed by atoms with Crippen LogP contribution in [0.2, 0.25) is 5.02 Å². The van der Waals surface area contributed by atoms with Crippen molar-refractivity contribution in [2.24, 2.45) is 0 Å². The van der Waals surface area contributed by atoms with Crippen LogP contribution in [-0.2, 0) is 10.0 Å². The first-order valence-electron chi connectivity index (χ1n) is 5.32. The molecule has 3 N–H and O–H groups in total. The molecule has 0 heterocycles. The fourth-order valence-electron chi connectivity index (χ4n) is 1.51. The van der Waals surface area contributed by atoms with Crippen molar-refractivity contribution in [3.05, 3.63) is 51.7 Å². The van der Waals surface area contributed by atoms with Gasteiger partial charge in [0.25, 0.3) is 10.0 Å². The zero-order valence-corrected chi connectivity index (χ0v) is 13.1. The number of benzene rings is 2. The van der Waals surface area contributed by atoms with Crippen LogP contribution in [0, 0.1) is 5.82 Å². The standard InChI is InChI=1S/C12H9BrClFN2O2S/c13-7-1-4-12(9(14)5-7)20(18,19)17-11-6-8(15)2-3-10(11)16/h1-6,17H,16H2. The molecule has 2 aromatic rings. The second-order valence-electron chi connectivity index (χ2n) is 3.91. The van der Waals surface area contributed by atoms with Crippen molar-refractivity contribution in [1.29, 1.82) is 0 Å². The third-order valence-corrected chi connectivity index (χ3v) is 4.78. The van der Waals surface area contributed by atoms with Crippen LogP contribution in [-0.4, -0.2) is 8.42 Å². The molecule has 0 bridgehead atoms. The lowest BCUT2D eigenvalue weighted by atomic mass is 10.3. The predicted molar refractivity (Wildman–Crippen MR) is 80.8 cm³/mol.